The van der Waals surface area contributed by atoms with Crippen molar-refractivity contribution in [3.8, 4) is 0 Å². The lowest BCUT2D eigenvalue weighted by atomic mass is 10.1. The molecule has 144 valence electrons. The van der Waals surface area contributed by atoms with Gasteiger partial charge in [-0.2, -0.15) is 0 Å². The summed E-state index contributed by atoms with van der Waals surface area (Å²) < 4.78 is 0. The van der Waals surface area contributed by atoms with Gasteiger partial charge in [-0.15, -0.1) is 11.3 Å². The predicted octanol–water partition coefficient (Wildman–Crippen LogP) is 4.59. The van der Waals surface area contributed by atoms with Crippen molar-refractivity contribution in [1.29, 1.82) is 0 Å². The number of carbonyl (C=O) groups is 1. The van der Waals surface area contributed by atoms with Crippen LogP contribution in [0.15, 0.2) is 36.5 Å². The smallest absolute Gasteiger partial charge is 0.319 e. The van der Waals surface area contributed by atoms with Crippen LogP contribution < -0.4 is 10.6 Å². The van der Waals surface area contributed by atoms with Gasteiger partial charge in [0.2, 0.25) is 0 Å². The van der Waals surface area contributed by atoms with Gasteiger partial charge in [0.15, 0.2) is 0 Å². The molecule has 1 saturated heterocycles. The molecule has 5 nitrogen and oxygen atoms in total. The third-order valence-corrected chi connectivity index (χ3v) is 6.75. The quantitative estimate of drug-likeness (QED) is 0.793. The zero-order valence-electron chi connectivity index (χ0n) is 15.7. The minimum Gasteiger partial charge on any atom is -0.335 e. The molecule has 27 heavy (non-hydrogen) atoms. The molecule has 0 spiro atoms. The van der Waals surface area contributed by atoms with Crippen LogP contribution in [0.2, 0.25) is 0 Å². The van der Waals surface area contributed by atoms with Gasteiger partial charge < -0.3 is 10.6 Å². The number of carbonyl (C=O) groups excluding carboxylic acids is 1. The maximum absolute atomic E-state index is 12.1. The van der Waals surface area contributed by atoms with Crippen molar-refractivity contribution in [1.82, 2.24) is 15.2 Å². The summed E-state index contributed by atoms with van der Waals surface area (Å²) in [5.74, 6) is 0.710. The van der Waals surface area contributed by atoms with Gasteiger partial charge >= 0.3 is 6.03 Å². The van der Waals surface area contributed by atoms with Crippen LogP contribution in [0.3, 0.4) is 0 Å². The summed E-state index contributed by atoms with van der Waals surface area (Å²) in [4.78, 5) is 20.7. The Morgan fingerprint density at radius 2 is 1.85 bits per heavy atom. The van der Waals surface area contributed by atoms with Crippen LogP contribution in [-0.2, 0) is 6.54 Å². The molecule has 1 aliphatic heterocycles. The topological polar surface area (TPSA) is 57.3 Å². The number of hydrogen-bond acceptors (Lipinski definition) is 4. The van der Waals surface area contributed by atoms with Crippen molar-refractivity contribution in [2.45, 2.75) is 57.0 Å². The second-order valence-corrected chi connectivity index (χ2v) is 8.81. The van der Waals surface area contributed by atoms with Crippen LogP contribution in [0.1, 0.15) is 54.3 Å². The second kappa shape index (κ2) is 8.85. The first-order chi connectivity index (χ1) is 13.3. The van der Waals surface area contributed by atoms with Gasteiger partial charge in [0.05, 0.1) is 5.01 Å². The zero-order chi connectivity index (χ0) is 18.5. The summed E-state index contributed by atoms with van der Waals surface area (Å²) in [6, 6.07) is 9.73. The minimum absolute atomic E-state index is 0.108. The molecule has 0 unspecified atom stereocenters. The lowest BCUT2D eigenvalue weighted by molar-refractivity contribution is 0.191. The molecule has 1 aromatic heterocycles. The first-order valence-corrected chi connectivity index (χ1v) is 10.9. The summed E-state index contributed by atoms with van der Waals surface area (Å²) in [5, 5.41) is 7.35. The molecular formula is C21H28N4OS. The Morgan fingerprint density at radius 1 is 1.11 bits per heavy atom. The van der Waals surface area contributed by atoms with Gasteiger partial charge in [0.25, 0.3) is 0 Å². The van der Waals surface area contributed by atoms with E-state index in [1.807, 2.05) is 41.7 Å². The van der Waals surface area contributed by atoms with E-state index in [4.69, 9.17) is 0 Å². The molecule has 2 N–H and O–H groups in total. The predicted molar refractivity (Wildman–Crippen MR) is 110 cm³/mol. The SMILES string of the molecule is O=C(Nc1ccccc1)NC1CCN(Cc2cnc(C3CCCC3)s2)CC1. The molecule has 0 radical (unpaired) electrons. The number of benzene rings is 1. The molecule has 2 aliphatic rings. The number of anilines is 1. The Bertz CT molecular complexity index is 734. The van der Waals surface area contributed by atoms with E-state index in [0.717, 1.165) is 38.2 Å². The van der Waals surface area contributed by atoms with Crippen molar-refractivity contribution in [3.05, 3.63) is 46.4 Å². The normalized spacial score (nSPS) is 19.3. The Hall–Kier alpha value is -1.92. The largest absolute Gasteiger partial charge is 0.335 e. The number of thiazole rings is 1. The highest BCUT2D eigenvalue weighted by Crippen LogP contribution is 2.36. The van der Waals surface area contributed by atoms with E-state index in [2.05, 4.69) is 26.7 Å². The van der Waals surface area contributed by atoms with Gasteiger partial charge in [0, 0.05) is 48.4 Å². The van der Waals surface area contributed by atoms with E-state index in [0.29, 0.717) is 5.92 Å². The molecule has 4 rings (SSSR count). The van der Waals surface area contributed by atoms with Crippen molar-refractivity contribution >= 4 is 23.1 Å². The summed E-state index contributed by atoms with van der Waals surface area (Å²) in [6.45, 7) is 3.03. The molecule has 2 aromatic rings. The monoisotopic (exact) mass is 384 g/mol. The van der Waals surface area contributed by atoms with Crippen LogP contribution in [0, 0.1) is 0 Å². The lowest BCUT2D eigenvalue weighted by Crippen LogP contribution is -2.45. The molecule has 2 heterocycles. The van der Waals surface area contributed by atoms with Crippen LogP contribution in [-0.4, -0.2) is 35.0 Å². The molecule has 1 saturated carbocycles. The van der Waals surface area contributed by atoms with Crippen molar-refractivity contribution in [3.63, 3.8) is 0 Å². The van der Waals surface area contributed by atoms with Gasteiger partial charge in [-0.05, 0) is 37.8 Å². The van der Waals surface area contributed by atoms with Gasteiger partial charge in [0.1, 0.15) is 0 Å². The molecule has 1 aromatic carbocycles. The van der Waals surface area contributed by atoms with Crippen LogP contribution in [0.25, 0.3) is 0 Å². The number of urea groups is 1. The van der Waals surface area contributed by atoms with Crippen molar-refractivity contribution < 1.29 is 4.79 Å². The average molecular weight is 385 g/mol. The van der Waals surface area contributed by atoms with Crippen LogP contribution >= 0.6 is 11.3 Å². The van der Waals surface area contributed by atoms with Gasteiger partial charge in [-0.1, -0.05) is 31.0 Å². The average Bonchev–Trinajstić information content (AvgIpc) is 3.36. The fourth-order valence-corrected chi connectivity index (χ4v) is 5.22. The third kappa shape index (κ3) is 5.08. The number of amides is 2. The number of piperidine rings is 1. The third-order valence-electron chi connectivity index (χ3n) is 5.61. The van der Waals surface area contributed by atoms with E-state index < -0.39 is 0 Å². The Morgan fingerprint density at radius 3 is 2.59 bits per heavy atom. The van der Waals surface area contributed by atoms with E-state index >= 15 is 0 Å². The summed E-state index contributed by atoms with van der Waals surface area (Å²) in [5.41, 5.74) is 0.829. The fourth-order valence-electron chi connectivity index (χ4n) is 4.09. The number of nitrogens with one attached hydrogen (secondary N) is 2. The van der Waals surface area contributed by atoms with E-state index in [1.54, 1.807) is 0 Å². The first-order valence-electron chi connectivity index (χ1n) is 10.1. The zero-order valence-corrected chi connectivity index (χ0v) is 16.5. The fraction of sp³-hybridized carbons (Fsp3) is 0.524. The number of para-hydroxylation sites is 1. The summed E-state index contributed by atoms with van der Waals surface area (Å²) in [6.07, 6.45) is 9.42. The van der Waals surface area contributed by atoms with Gasteiger partial charge in [-0.3, -0.25) is 4.90 Å². The number of hydrogen-bond donors (Lipinski definition) is 2. The highest BCUT2D eigenvalue weighted by atomic mass is 32.1. The maximum Gasteiger partial charge on any atom is 0.319 e. The van der Waals surface area contributed by atoms with E-state index in [1.165, 1.54) is 35.6 Å². The number of aromatic nitrogens is 1. The van der Waals surface area contributed by atoms with E-state index in [9.17, 15) is 4.79 Å². The molecule has 2 fully saturated rings. The minimum atomic E-state index is -0.108. The van der Waals surface area contributed by atoms with Crippen molar-refractivity contribution in [2.24, 2.45) is 0 Å². The van der Waals surface area contributed by atoms with Crippen LogP contribution in [0.5, 0.6) is 0 Å². The summed E-state index contributed by atoms with van der Waals surface area (Å²) in [7, 11) is 0. The maximum atomic E-state index is 12.1. The van der Waals surface area contributed by atoms with E-state index in [-0.39, 0.29) is 12.1 Å². The highest BCUT2D eigenvalue weighted by molar-refractivity contribution is 7.11. The standard InChI is InChI=1S/C21H28N4OS/c26-21(23-17-8-2-1-3-9-17)24-18-10-12-25(13-11-18)15-19-14-22-20(27-19)16-6-4-5-7-16/h1-3,8-9,14,16,18H,4-7,10-13,15H2,(H2,23,24,26). The van der Waals surface area contributed by atoms with Crippen molar-refractivity contribution in [2.75, 3.05) is 18.4 Å². The second-order valence-electron chi connectivity index (χ2n) is 7.66. The lowest BCUT2D eigenvalue weighted by Gasteiger charge is -2.31. The molecule has 2 amide bonds. The Balaban J connectivity index is 1.20. The number of nitrogens with zero attached hydrogens (tertiary/aromatic N) is 2. The number of rotatable bonds is 5. The van der Waals surface area contributed by atoms with Gasteiger partial charge in [-0.25, -0.2) is 9.78 Å². The highest BCUT2D eigenvalue weighted by Gasteiger charge is 2.23. The summed E-state index contributed by atoms with van der Waals surface area (Å²) >= 11 is 1.90. The Labute approximate surface area is 165 Å². The van der Waals surface area contributed by atoms with Crippen LogP contribution in [0.4, 0.5) is 10.5 Å². The Kier molecular flexibility index (Phi) is 6.04. The molecule has 0 bridgehead atoms. The number of likely N-dealkylation sites (tertiary alicyclic amines) is 1. The first kappa shape index (κ1) is 18.4. The molecule has 0 atom stereocenters. The molecule has 6 heteroatoms. The molecular weight excluding hydrogens is 356 g/mol. The molecule has 1 aliphatic carbocycles.